The number of amides is 1. The minimum atomic E-state index is -0.0132. The normalized spacial score (nSPS) is 16.6. The second kappa shape index (κ2) is 13.8. The van der Waals surface area contributed by atoms with Crippen molar-refractivity contribution >= 4 is 35.8 Å². The molecule has 1 fully saturated rings. The standard InChI is InChI=1S/C22H37N5O.HI/c1-5-13-27-14-11-20(12-15-27)26-22(23-4)24-16-18-7-9-19(10-8-18)21(28)25-17(3)6-2;/h7-10,17,20H,5-6,11-16H2,1-4H3,(H,25,28)(H2,23,24,26);1H. The Bertz CT molecular complexity index is 627. The van der Waals surface area contributed by atoms with Gasteiger partial charge in [0.15, 0.2) is 5.96 Å². The lowest BCUT2D eigenvalue weighted by atomic mass is 10.1. The summed E-state index contributed by atoms with van der Waals surface area (Å²) in [6.07, 6.45) is 4.46. The summed E-state index contributed by atoms with van der Waals surface area (Å²) in [5, 5.41) is 9.92. The van der Waals surface area contributed by atoms with Crippen LogP contribution in [0.3, 0.4) is 0 Å². The third-order valence-electron chi connectivity index (χ3n) is 5.36. The SMILES string of the molecule is CCCN1CCC(NC(=NC)NCc2ccc(C(=O)NC(C)CC)cc2)CC1.I. The molecule has 1 atom stereocenters. The van der Waals surface area contributed by atoms with Crippen LogP contribution in [0.1, 0.15) is 62.4 Å². The number of aliphatic imine (C=N–C) groups is 1. The maximum Gasteiger partial charge on any atom is 0.251 e. The number of guanidine groups is 1. The van der Waals surface area contributed by atoms with Crippen LogP contribution >= 0.6 is 24.0 Å². The summed E-state index contributed by atoms with van der Waals surface area (Å²) < 4.78 is 0. The molecule has 1 saturated heterocycles. The minimum absolute atomic E-state index is 0. The molecule has 3 N–H and O–H groups in total. The van der Waals surface area contributed by atoms with Crippen LogP contribution in [0.5, 0.6) is 0 Å². The number of nitrogens with zero attached hydrogens (tertiary/aromatic N) is 2. The molecule has 0 aromatic heterocycles. The van der Waals surface area contributed by atoms with E-state index in [1.807, 2.05) is 38.2 Å². The molecule has 1 aliphatic heterocycles. The van der Waals surface area contributed by atoms with Crippen molar-refractivity contribution in [3.8, 4) is 0 Å². The monoisotopic (exact) mass is 515 g/mol. The second-order valence-corrected chi connectivity index (χ2v) is 7.67. The Balaban J connectivity index is 0.00000420. The fraction of sp³-hybridized carbons (Fsp3) is 0.636. The first kappa shape index (κ1) is 25.7. The van der Waals surface area contributed by atoms with E-state index in [0.717, 1.165) is 43.9 Å². The molecule has 0 radical (unpaired) electrons. The molecule has 6 nitrogen and oxygen atoms in total. The number of carbonyl (C=O) groups is 1. The summed E-state index contributed by atoms with van der Waals surface area (Å²) in [5.74, 6) is 0.827. The van der Waals surface area contributed by atoms with Gasteiger partial charge in [0, 0.05) is 44.3 Å². The van der Waals surface area contributed by atoms with E-state index >= 15 is 0 Å². The van der Waals surface area contributed by atoms with Crippen molar-refractivity contribution in [2.24, 2.45) is 4.99 Å². The summed E-state index contributed by atoms with van der Waals surface area (Å²) in [5.41, 5.74) is 1.83. The van der Waals surface area contributed by atoms with Crippen LogP contribution in [0.4, 0.5) is 0 Å². The molecule has 7 heteroatoms. The first-order chi connectivity index (χ1) is 13.5. The Morgan fingerprint density at radius 2 is 1.86 bits per heavy atom. The van der Waals surface area contributed by atoms with E-state index in [-0.39, 0.29) is 35.9 Å². The van der Waals surface area contributed by atoms with Gasteiger partial charge in [-0.1, -0.05) is 26.0 Å². The summed E-state index contributed by atoms with van der Waals surface area (Å²) in [7, 11) is 1.81. The largest absolute Gasteiger partial charge is 0.354 e. The molecular weight excluding hydrogens is 477 g/mol. The molecule has 0 aliphatic carbocycles. The minimum Gasteiger partial charge on any atom is -0.354 e. The molecule has 1 amide bonds. The highest BCUT2D eigenvalue weighted by atomic mass is 127. The smallest absolute Gasteiger partial charge is 0.251 e. The Labute approximate surface area is 193 Å². The maximum absolute atomic E-state index is 12.2. The zero-order valence-corrected chi connectivity index (χ0v) is 20.7. The highest BCUT2D eigenvalue weighted by molar-refractivity contribution is 14.0. The lowest BCUT2D eigenvalue weighted by Gasteiger charge is -2.32. The van der Waals surface area contributed by atoms with E-state index in [1.54, 1.807) is 0 Å². The molecule has 29 heavy (non-hydrogen) atoms. The molecule has 0 saturated carbocycles. The molecule has 164 valence electrons. The maximum atomic E-state index is 12.2. The average molecular weight is 515 g/mol. The van der Waals surface area contributed by atoms with Gasteiger partial charge in [0.2, 0.25) is 0 Å². The molecule has 1 aromatic carbocycles. The molecule has 1 unspecified atom stereocenters. The van der Waals surface area contributed by atoms with Crippen molar-refractivity contribution in [3.63, 3.8) is 0 Å². The Kier molecular flexibility index (Phi) is 12.2. The quantitative estimate of drug-likeness (QED) is 0.282. The number of halogens is 1. The van der Waals surface area contributed by atoms with Gasteiger partial charge in [-0.15, -0.1) is 24.0 Å². The first-order valence-electron chi connectivity index (χ1n) is 10.6. The van der Waals surface area contributed by atoms with Crippen LogP contribution in [0.2, 0.25) is 0 Å². The fourth-order valence-corrected chi connectivity index (χ4v) is 3.37. The third-order valence-corrected chi connectivity index (χ3v) is 5.36. The fourth-order valence-electron chi connectivity index (χ4n) is 3.37. The van der Waals surface area contributed by atoms with Gasteiger partial charge in [-0.25, -0.2) is 0 Å². The number of piperidine rings is 1. The van der Waals surface area contributed by atoms with Crippen molar-refractivity contribution in [1.82, 2.24) is 20.9 Å². The zero-order valence-electron chi connectivity index (χ0n) is 18.3. The molecule has 0 bridgehead atoms. The van der Waals surface area contributed by atoms with Crippen LogP contribution in [0.15, 0.2) is 29.3 Å². The van der Waals surface area contributed by atoms with Crippen molar-refractivity contribution in [3.05, 3.63) is 35.4 Å². The van der Waals surface area contributed by atoms with Crippen molar-refractivity contribution in [1.29, 1.82) is 0 Å². The molecule has 1 heterocycles. The molecule has 2 rings (SSSR count). The highest BCUT2D eigenvalue weighted by Gasteiger charge is 2.19. The Hall–Kier alpha value is -1.35. The van der Waals surface area contributed by atoms with Gasteiger partial charge in [-0.2, -0.15) is 0 Å². The number of carbonyl (C=O) groups excluding carboxylic acids is 1. The zero-order chi connectivity index (χ0) is 20.4. The van der Waals surface area contributed by atoms with Crippen LogP contribution in [-0.4, -0.2) is 55.5 Å². The second-order valence-electron chi connectivity index (χ2n) is 7.67. The molecule has 1 aliphatic rings. The average Bonchev–Trinajstić information content (AvgIpc) is 2.72. The van der Waals surface area contributed by atoms with E-state index < -0.39 is 0 Å². The Morgan fingerprint density at radius 1 is 1.21 bits per heavy atom. The summed E-state index contributed by atoms with van der Waals surface area (Å²) in [4.78, 5) is 19.1. The third kappa shape index (κ3) is 8.90. The topological polar surface area (TPSA) is 68.8 Å². The highest BCUT2D eigenvalue weighted by Crippen LogP contribution is 2.10. The number of rotatable bonds is 8. The van der Waals surface area contributed by atoms with Crippen molar-refractivity contribution in [2.45, 2.75) is 65.1 Å². The van der Waals surface area contributed by atoms with E-state index in [9.17, 15) is 4.79 Å². The van der Waals surface area contributed by atoms with Gasteiger partial charge in [0.25, 0.3) is 5.91 Å². The van der Waals surface area contributed by atoms with Crippen LogP contribution in [-0.2, 0) is 6.54 Å². The van der Waals surface area contributed by atoms with Gasteiger partial charge in [-0.05, 0) is 56.8 Å². The molecular formula is C22H38IN5O. The number of hydrogen-bond donors (Lipinski definition) is 3. The number of hydrogen-bond acceptors (Lipinski definition) is 3. The molecule has 0 spiro atoms. The predicted octanol–water partition coefficient (Wildman–Crippen LogP) is 3.37. The van der Waals surface area contributed by atoms with Crippen LogP contribution in [0.25, 0.3) is 0 Å². The van der Waals surface area contributed by atoms with E-state index in [1.165, 1.54) is 13.0 Å². The van der Waals surface area contributed by atoms with E-state index in [2.05, 4.69) is 39.7 Å². The van der Waals surface area contributed by atoms with Gasteiger partial charge in [0.1, 0.15) is 0 Å². The summed E-state index contributed by atoms with van der Waals surface area (Å²) in [6, 6.07) is 8.43. The van der Waals surface area contributed by atoms with Crippen LogP contribution < -0.4 is 16.0 Å². The number of benzene rings is 1. The van der Waals surface area contributed by atoms with E-state index in [4.69, 9.17) is 0 Å². The van der Waals surface area contributed by atoms with Gasteiger partial charge in [-0.3, -0.25) is 9.79 Å². The van der Waals surface area contributed by atoms with E-state index in [0.29, 0.717) is 18.2 Å². The Morgan fingerprint density at radius 3 is 2.41 bits per heavy atom. The lowest BCUT2D eigenvalue weighted by molar-refractivity contribution is 0.0939. The predicted molar refractivity (Wildman–Crippen MR) is 132 cm³/mol. The van der Waals surface area contributed by atoms with Gasteiger partial charge >= 0.3 is 0 Å². The van der Waals surface area contributed by atoms with Crippen molar-refractivity contribution in [2.75, 3.05) is 26.7 Å². The lowest BCUT2D eigenvalue weighted by Crippen LogP contribution is -2.48. The number of nitrogens with one attached hydrogen (secondary N) is 3. The van der Waals surface area contributed by atoms with Gasteiger partial charge < -0.3 is 20.9 Å². The summed E-state index contributed by atoms with van der Waals surface area (Å²) >= 11 is 0. The van der Waals surface area contributed by atoms with Crippen molar-refractivity contribution < 1.29 is 4.79 Å². The van der Waals surface area contributed by atoms with Gasteiger partial charge in [0.05, 0.1) is 0 Å². The first-order valence-corrected chi connectivity index (χ1v) is 10.6. The van der Waals surface area contributed by atoms with Crippen LogP contribution in [0, 0.1) is 0 Å². The molecule has 1 aromatic rings. The number of likely N-dealkylation sites (tertiary alicyclic amines) is 1. The summed E-state index contributed by atoms with van der Waals surface area (Å²) in [6.45, 7) is 10.5.